The smallest absolute Gasteiger partial charge is 0.326 e. The van der Waals surface area contributed by atoms with Crippen molar-refractivity contribution in [3.8, 4) is 11.1 Å². The van der Waals surface area contributed by atoms with Crippen molar-refractivity contribution >= 4 is 11.9 Å². The Kier molecular flexibility index (Phi) is 6.16. The molecule has 1 heterocycles. The number of nitrogens with zero attached hydrogens (tertiary/aromatic N) is 2. The summed E-state index contributed by atoms with van der Waals surface area (Å²) < 4.78 is 1.54. The van der Waals surface area contributed by atoms with Gasteiger partial charge in [0.1, 0.15) is 11.7 Å². The molecule has 1 atom stereocenters. The van der Waals surface area contributed by atoms with Crippen LogP contribution >= 0.6 is 0 Å². The molecule has 31 heavy (non-hydrogen) atoms. The molecule has 1 unspecified atom stereocenters. The van der Waals surface area contributed by atoms with Gasteiger partial charge in [0.25, 0.3) is 5.91 Å². The third kappa shape index (κ3) is 4.24. The lowest BCUT2D eigenvalue weighted by molar-refractivity contribution is -0.141. The Labute approximate surface area is 181 Å². The van der Waals surface area contributed by atoms with Crippen LogP contribution in [-0.4, -0.2) is 26.5 Å². The molecule has 6 nitrogen and oxygen atoms in total. The van der Waals surface area contributed by atoms with Gasteiger partial charge in [0, 0.05) is 6.20 Å². The molecule has 0 aliphatic heterocycles. The second kappa shape index (κ2) is 9.16. The quantitative estimate of drug-likeness (QED) is 0.481. The van der Waals surface area contributed by atoms with E-state index in [9.17, 15) is 14.7 Å². The minimum absolute atomic E-state index is 0.224. The largest absolute Gasteiger partial charge is 0.480 e. The molecule has 0 saturated carbocycles. The van der Waals surface area contributed by atoms with Crippen LogP contribution in [0.2, 0.25) is 0 Å². The maximum atomic E-state index is 13.0. The second-order valence-electron chi connectivity index (χ2n) is 7.99. The van der Waals surface area contributed by atoms with Crippen LogP contribution in [0.4, 0.5) is 0 Å². The van der Waals surface area contributed by atoms with E-state index in [-0.39, 0.29) is 17.6 Å². The molecule has 1 amide bonds. The Balaban J connectivity index is 1.51. The molecule has 0 fully saturated rings. The predicted molar refractivity (Wildman–Crippen MR) is 119 cm³/mol. The standard InChI is InChI=1S/C25H27N3O3/c1-2-3-4-5-14-22(25(30)31)28-15-21(26-16-28)24(29)27-23-19-12-8-6-10-17(19)18-11-7-9-13-20(18)23/h6-13,15-16,22-23H,2-5,14H2,1H3,(H,27,29)(H,30,31). The summed E-state index contributed by atoms with van der Waals surface area (Å²) in [5, 5.41) is 12.7. The summed E-state index contributed by atoms with van der Waals surface area (Å²) in [5.74, 6) is -1.22. The highest BCUT2D eigenvalue weighted by atomic mass is 16.4. The first kappa shape index (κ1) is 20.8. The van der Waals surface area contributed by atoms with E-state index >= 15 is 0 Å². The molecule has 6 heteroatoms. The van der Waals surface area contributed by atoms with Crippen LogP contribution in [0.1, 0.15) is 72.7 Å². The van der Waals surface area contributed by atoms with Crippen molar-refractivity contribution in [3.05, 3.63) is 77.9 Å². The second-order valence-corrected chi connectivity index (χ2v) is 7.99. The molecule has 4 rings (SSSR count). The summed E-state index contributed by atoms with van der Waals surface area (Å²) in [6.07, 6.45) is 7.54. The van der Waals surface area contributed by atoms with E-state index in [2.05, 4.69) is 29.4 Å². The van der Waals surface area contributed by atoms with Gasteiger partial charge in [0.2, 0.25) is 0 Å². The van der Waals surface area contributed by atoms with Crippen LogP contribution in [-0.2, 0) is 4.79 Å². The molecule has 160 valence electrons. The summed E-state index contributed by atoms with van der Waals surface area (Å²) in [7, 11) is 0. The van der Waals surface area contributed by atoms with E-state index < -0.39 is 12.0 Å². The minimum Gasteiger partial charge on any atom is -0.480 e. The number of aliphatic carboxylic acids is 1. The number of unbranched alkanes of at least 4 members (excludes halogenated alkanes) is 3. The third-order valence-electron chi connectivity index (χ3n) is 5.92. The van der Waals surface area contributed by atoms with Gasteiger partial charge >= 0.3 is 5.97 Å². The molecule has 1 aliphatic carbocycles. The number of aromatic nitrogens is 2. The maximum Gasteiger partial charge on any atom is 0.326 e. The highest BCUT2D eigenvalue weighted by molar-refractivity contribution is 5.94. The lowest BCUT2D eigenvalue weighted by atomic mass is 10.1. The van der Waals surface area contributed by atoms with Crippen molar-refractivity contribution in [2.75, 3.05) is 0 Å². The van der Waals surface area contributed by atoms with Crippen LogP contribution in [0.15, 0.2) is 61.1 Å². The van der Waals surface area contributed by atoms with Crippen LogP contribution in [0.3, 0.4) is 0 Å². The van der Waals surface area contributed by atoms with Crippen molar-refractivity contribution in [2.24, 2.45) is 0 Å². The molecule has 0 bridgehead atoms. The van der Waals surface area contributed by atoms with Gasteiger partial charge < -0.3 is 15.0 Å². The number of amides is 1. The fourth-order valence-electron chi connectivity index (χ4n) is 4.31. The van der Waals surface area contributed by atoms with E-state index in [1.807, 2.05) is 36.4 Å². The molecule has 0 radical (unpaired) electrons. The summed E-state index contributed by atoms with van der Waals surface area (Å²) in [5.41, 5.74) is 4.56. The van der Waals surface area contributed by atoms with Crippen molar-refractivity contribution in [1.29, 1.82) is 0 Å². The number of carbonyl (C=O) groups is 2. The number of rotatable bonds is 9. The Morgan fingerprint density at radius 3 is 2.29 bits per heavy atom. The van der Waals surface area contributed by atoms with E-state index in [0.717, 1.165) is 47.9 Å². The molecular weight excluding hydrogens is 390 g/mol. The fraction of sp³-hybridized carbons (Fsp3) is 0.320. The van der Waals surface area contributed by atoms with E-state index in [4.69, 9.17) is 0 Å². The van der Waals surface area contributed by atoms with E-state index in [1.165, 1.54) is 6.33 Å². The van der Waals surface area contributed by atoms with Gasteiger partial charge in [0.15, 0.2) is 0 Å². The van der Waals surface area contributed by atoms with Crippen molar-refractivity contribution in [2.45, 2.75) is 51.1 Å². The molecule has 1 aliphatic rings. The van der Waals surface area contributed by atoms with Crippen LogP contribution in [0, 0.1) is 0 Å². The van der Waals surface area contributed by atoms with Gasteiger partial charge in [-0.05, 0) is 28.7 Å². The fourth-order valence-corrected chi connectivity index (χ4v) is 4.31. The summed E-state index contributed by atoms with van der Waals surface area (Å²) in [4.78, 5) is 28.9. The topological polar surface area (TPSA) is 84.2 Å². The highest BCUT2D eigenvalue weighted by Gasteiger charge is 2.30. The number of imidazole rings is 1. The first-order chi connectivity index (χ1) is 15.1. The van der Waals surface area contributed by atoms with Gasteiger partial charge in [-0.3, -0.25) is 4.79 Å². The number of carboxylic acid groups (broad SMARTS) is 1. The van der Waals surface area contributed by atoms with Crippen molar-refractivity contribution in [1.82, 2.24) is 14.9 Å². The summed E-state index contributed by atoms with van der Waals surface area (Å²) in [6, 6.07) is 15.1. The van der Waals surface area contributed by atoms with Gasteiger partial charge in [-0.2, -0.15) is 0 Å². The lowest BCUT2D eigenvalue weighted by Gasteiger charge is -2.15. The number of hydrogen-bond donors (Lipinski definition) is 2. The van der Waals surface area contributed by atoms with E-state index in [0.29, 0.717) is 6.42 Å². The van der Waals surface area contributed by atoms with Crippen LogP contribution in [0.5, 0.6) is 0 Å². The SMILES string of the molecule is CCCCCCC(C(=O)O)n1cnc(C(=O)NC2c3ccccc3-c3ccccc32)c1. The number of carbonyl (C=O) groups excluding carboxylic acids is 1. The average Bonchev–Trinajstić information content (AvgIpc) is 3.38. The first-order valence-electron chi connectivity index (χ1n) is 10.9. The monoisotopic (exact) mass is 417 g/mol. The van der Waals surface area contributed by atoms with Gasteiger partial charge in [0.05, 0.1) is 12.4 Å². The third-order valence-corrected chi connectivity index (χ3v) is 5.92. The first-order valence-corrected chi connectivity index (χ1v) is 10.9. The van der Waals surface area contributed by atoms with E-state index in [1.54, 1.807) is 10.8 Å². The molecular formula is C25H27N3O3. The Morgan fingerprint density at radius 1 is 1.03 bits per heavy atom. The van der Waals surface area contributed by atoms with Crippen LogP contribution < -0.4 is 5.32 Å². The van der Waals surface area contributed by atoms with Gasteiger partial charge in [-0.25, -0.2) is 9.78 Å². The van der Waals surface area contributed by atoms with Crippen LogP contribution in [0.25, 0.3) is 11.1 Å². The molecule has 2 N–H and O–H groups in total. The molecule has 2 aromatic carbocycles. The number of benzene rings is 2. The number of fused-ring (bicyclic) bond motifs is 3. The molecule has 0 saturated heterocycles. The van der Waals surface area contributed by atoms with Crippen molar-refractivity contribution < 1.29 is 14.7 Å². The molecule has 0 spiro atoms. The number of nitrogens with one attached hydrogen (secondary N) is 1. The van der Waals surface area contributed by atoms with Gasteiger partial charge in [-0.1, -0.05) is 81.1 Å². The number of carboxylic acids is 1. The van der Waals surface area contributed by atoms with Gasteiger partial charge in [-0.15, -0.1) is 0 Å². The predicted octanol–water partition coefficient (Wildman–Crippen LogP) is 4.98. The normalized spacial score (nSPS) is 13.5. The Morgan fingerprint density at radius 2 is 1.68 bits per heavy atom. The maximum absolute atomic E-state index is 13.0. The molecule has 1 aromatic heterocycles. The molecule has 3 aromatic rings. The Hall–Kier alpha value is -3.41. The zero-order valence-corrected chi connectivity index (χ0v) is 17.6. The average molecular weight is 418 g/mol. The summed E-state index contributed by atoms with van der Waals surface area (Å²) in [6.45, 7) is 2.12. The zero-order valence-electron chi connectivity index (χ0n) is 17.6. The summed E-state index contributed by atoms with van der Waals surface area (Å²) >= 11 is 0. The lowest BCUT2D eigenvalue weighted by Crippen LogP contribution is -2.28. The Bertz CT molecular complexity index is 1040. The van der Waals surface area contributed by atoms with Crippen molar-refractivity contribution in [3.63, 3.8) is 0 Å². The number of hydrogen-bond acceptors (Lipinski definition) is 3. The minimum atomic E-state index is -0.903. The zero-order chi connectivity index (χ0) is 21.8. The highest BCUT2D eigenvalue weighted by Crippen LogP contribution is 2.43.